The van der Waals surface area contributed by atoms with Crippen molar-refractivity contribution in [3.63, 3.8) is 0 Å². The fourth-order valence-corrected chi connectivity index (χ4v) is 1.89. The molecule has 0 saturated carbocycles. The number of carbonyl (C=O) groups excluding carboxylic acids is 2. The van der Waals surface area contributed by atoms with E-state index in [4.69, 9.17) is 5.73 Å². The highest BCUT2D eigenvalue weighted by atomic mass is 32.1. The number of carbonyl (C=O) groups is 2. The first kappa shape index (κ1) is 14.2. The summed E-state index contributed by atoms with van der Waals surface area (Å²) in [5, 5.41) is 4.35. The van der Waals surface area contributed by atoms with Crippen LogP contribution in [0.25, 0.3) is 0 Å². The zero-order valence-electron chi connectivity index (χ0n) is 10.3. The molecular weight excluding hydrogens is 250 g/mol. The van der Waals surface area contributed by atoms with Gasteiger partial charge in [0.2, 0.25) is 5.91 Å². The second-order valence-corrected chi connectivity index (χ2v) is 4.56. The summed E-state index contributed by atoms with van der Waals surface area (Å²) in [6.07, 6.45) is 0. The van der Waals surface area contributed by atoms with Gasteiger partial charge in [-0.3, -0.25) is 9.59 Å². The molecular formula is C12H15N3O2S. The SMILES string of the molecule is CN(C)C(=O)CNC(=O)c1sccc1C#CCN. The molecule has 2 amide bonds. The lowest BCUT2D eigenvalue weighted by atomic mass is 10.2. The van der Waals surface area contributed by atoms with Gasteiger partial charge >= 0.3 is 0 Å². The quantitative estimate of drug-likeness (QED) is 0.748. The number of thiophene rings is 1. The van der Waals surface area contributed by atoms with Crippen LogP contribution in [0.15, 0.2) is 11.4 Å². The summed E-state index contributed by atoms with van der Waals surface area (Å²) < 4.78 is 0. The van der Waals surface area contributed by atoms with Crippen molar-refractivity contribution in [1.82, 2.24) is 10.2 Å². The number of nitrogens with zero attached hydrogens (tertiary/aromatic N) is 1. The molecule has 0 atom stereocenters. The van der Waals surface area contributed by atoms with Crippen LogP contribution >= 0.6 is 11.3 Å². The molecule has 0 saturated heterocycles. The van der Waals surface area contributed by atoms with E-state index in [9.17, 15) is 9.59 Å². The van der Waals surface area contributed by atoms with E-state index in [1.807, 2.05) is 0 Å². The molecule has 0 aliphatic rings. The fourth-order valence-electron chi connectivity index (χ4n) is 1.12. The van der Waals surface area contributed by atoms with Gasteiger partial charge in [-0.15, -0.1) is 11.3 Å². The molecule has 6 heteroatoms. The van der Waals surface area contributed by atoms with Crippen molar-refractivity contribution in [2.45, 2.75) is 0 Å². The van der Waals surface area contributed by atoms with Gasteiger partial charge in [-0.2, -0.15) is 0 Å². The average molecular weight is 265 g/mol. The predicted molar refractivity (Wildman–Crippen MR) is 71.3 cm³/mol. The molecule has 0 fully saturated rings. The first-order valence-corrected chi connectivity index (χ1v) is 6.19. The Morgan fingerprint density at radius 2 is 2.22 bits per heavy atom. The van der Waals surface area contributed by atoms with Crippen molar-refractivity contribution in [2.24, 2.45) is 5.73 Å². The maximum Gasteiger partial charge on any atom is 0.263 e. The lowest BCUT2D eigenvalue weighted by molar-refractivity contribution is -0.127. The topological polar surface area (TPSA) is 75.4 Å². The molecule has 0 radical (unpaired) electrons. The van der Waals surface area contributed by atoms with E-state index in [0.717, 1.165) is 0 Å². The normalized spacial score (nSPS) is 9.28. The van der Waals surface area contributed by atoms with E-state index in [-0.39, 0.29) is 24.9 Å². The molecule has 0 aromatic carbocycles. The molecule has 0 bridgehead atoms. The van der Waals surface area contributed by atoms with E-state index in [2.05, 4.69) is 17.2 Å². The number of nitrogens with two attached hydrogens (primary N) is 1. The van der Waals surface area contributed by atoms with Gasteiger partial charge in [-0.1, -0.05) is 11.8 Å². The van der Waals surface area contributed by atoms with Crippen LogP contribution in [0.1, 0.15) is 15.2 Å². The molecule has 1 aromatic heterocycles. The van der Waals surface area contributed by atoms with Gasteiger partial charge in [0.1, 0.15) is 4.88 Å². The standard InChI is InChI=1S/C12H15N3O2S/c1-15(2)10(16)8-14-12(17)11-9(4-3-6-13)5-7-18-11/h5,7H,6,8,13H2,1-2H3,(H,14,17). The number of rotatable bonds is 3. The van der Waals surface area contributed by atoms with Crippen LogP contribution < -0.4 is 11.1 Å². The highest BCUT2D eigenvalue weighted by Crippen LogP contribution is 2.15. The predicted octanol–water partition coefficient (Wildman–Crippen LogP) is -0.124. The maximum absolute atomic E-state index is 11.8. The number of hydrogen-bond donors (Lipinski definition) is 2. The number of hydrogen-bond acceptors (Lipinski definition) is 4. The minimum Gasteiger partial charge on any atom is -0.347 e. The van der Waals surface area contributed by atoms with Crippen molar-refractivity contribution in [1.29, 1.82) is 0 Å². The summed E-state index contributed by atoms with van der Waals surface area (Å²) in [4.78, 5) is 25.1. The lowest BCUT2D eigenvalue weighted by Gasteiger charge is -2.10. The molecule has 1 heterocycles. The molecule has 5 nitrogen and oxygen atoms in total. The van der Waals surface area contributed by atoms with Crippen LogP contribution in [-0.2, 0) is 4.79 Å². The Morgan fingerprint density at radius 3 is 2.83 bits per heavy atom. The van der Waals surface area contributed by atoms with Gasteiger partial charge in [0.05, 0.1) is 13.1 Å². The van der Waals surface area contributed by atoms with Crippen molar-refractivity contribution < 1.29 is 9.59 Å². The maximum atomic E-state index is 11.8. The Balaban J connectivity index is 2.68. The zero-order valence-corrected chi connectivity index (χ0v) is 11.1. The summed E-state index contributed by atoms with van der Waals surface area (Å²) in [5.74, 6) is 5.07. The fraction of sp³-hybridized carbons (Fsp3) is 0.333. The van der Waals surface area contributed by atoms with Gasteiger partial charge in [-0.25, -0.2) is 0 Å². The second-order valence-electron chi connectivity index (χ2n) is 3.64. The summed E-state index contributed by atoms with van der Waals surface area (Å²) in [6, 6.07) is 1.76. The highest BCUT2D eigenvalue weighted by Gasteiger charge is 2.13. The van der Waals surface area contributed by atoms with Gasteiger partial charge < -0.3 is 16.0 Å². The Kier molecular flexibility index (Phi) is 5.36. The van der Waals surface area contributed by atoms with E-state index in [1.54, 1.807) is 25.5 Å². The third-order valence-corrected chi connectivity index (χ3v) is 3.01. The Hall–Kier alpha value is -1.84. The lowest BCUT2D eigenvalue weighted by Crippen LogP contribution is -2.36. The summed E-state index contributed by atoms with van der Waals surface area (Å²) in [6.45, 7) is 0.226. The summed E-state index contributed by atoms with van der Waals surface area (Å²) in [5.41, 5.74) is 5.92. The molecule has 18 heavy (non-hydrogen) atoms. The molecule has 96 valence electrons. The Bertz CT molecular complexity index is 497. The molecule has 1 aromatic rings. The first-order chi connectivity index (χ1) is 8.56. The van der Waals surface area contributed by atoms with Crippen molar-refractivity contribution in [2.75, 3.05) is 27.2 Å². The average Bonchev–Trinajstić information content (AvgIpc) is 2.81. The van der Waals surface area contributed by atoms with Crippen LogP contribution in [0.5, 0.6) is 0 Å². The molecule has 1 rings (SSSR count). The van der Waals surface area contributed by atoms with Gasteiger partial charge in [-0.05, 0) is 11.4 Å². The molecule has 0 aliphatic heterocycles. The second kappa shape index (κ2) is 6.79. The highest BCUT2D eigenvalue weighted by molar-refractivity contribution is 7.12. The number of nitrogens with one attached hydrogen (secondary N) is 1. The summed E-state index contributed by atoms with van der Waals surface area (Å²) >= 11 is 1.29. The van der Waals surface area contributed by atoms with Crippen LogP contribution in [0.2, 0.25) is 0 Å². The number of likely N-dealkylation sites (N-methyl/N-ethyl adjacent to an activating group) is 1. The van der Waals surface area contributed by atoms with Gasteiger partial charge in [0, 0.05) is 19.7 Å². The Labute approximate surface area is 110 Å². The zero-order chi connectivity index (χ0) is 13.5. The van der Waals surface area contributed by atoms with E-state index in [0.29, 0.717) is 10.4 Å². The monoisotopic (exact) mass is 265 g/mol. The van der Waals surface area contributed by atoms with Crippen molar-refractivity contribution in [3.8, 4) is 11.8 Å². The first-order valence-electron chi connectivity index (χ1n) is 5.31. The molecule has 3 N–H and O–H groups in total. The molecule has 0 unspecified atom stereocenters. The van der Waals surface area contributed by atoms with Crippen molar-refractivity contribution >= 4 is 23.2 Å². The van der Waals surface area contributed by atoms with Gasteiger partial charge in [0.15, 0.2) is 0 Å². The van der Waals surface area contributed by atoms with Gasteiger partial charge in [0.25, 0.3) is 5.91 Å². The van der Waals surface area contributed by atoms with E-state index < -0.39 is 0 Å². The summed E-state index contributed by atoms with van der Waals surface area (Å²) in [7, 11) is 3.27. The van der Waals surface area contributed by atoms with Crippen LogP contribution in [-0.4, -0.2) is 43.9 Å². The van der Waals surface area contributed by atoms with Crippen LogP contribution in [0, 0.1) is 11.8 Å². The third-order valence-electron chi connectivity index (χ3n) is 2.10. The van der Waals surface area contributed by atoms with E-state index in [1.165, 1.54) is 16.2 Å². The third kappa shape index (κ3) is 3.87. The van der Waals surface area contributed by atoms with Crippen LogP contribution in [0.3, 0.4) is 0 Å². The molecule has 0 aliphatic carbocycles. The van der Waals surface area contributed by atoms with E-state index >= 15 is 0 Å². The van der Waals surface area contributed by atoms with Crippen LogP contribution in [0.4, 0.5) is 0 Å². The minimum atomic E-state index is -0.290. The largest absolute Gasteiger partial charge is 0.347 e. The molecule has 0 spiro atoms. The number of amides is 2. The van der Waals surface area contributed by atoms with Crippen molar-refractivity contribution in [3.05, 3.63) is 21.9 Å². The Morgan fingerprint density at radius 1 is 1.50 bits per heavy atom. The minimum absolute atomic E-state index is 0.0203. The smallest absolute Gasteiger partial charge is 0.263 e.